The van der Waals surface area contributed by atoms with Crippen LogP contribution in [0.3, 0.4) is 0 Å². The van der Waals surface area contributed by atoms with E-state index in [1.165, 1.54) is 11.1 Å². The van der Waals surface area contributed by atoms with E-state index in [4.69, 9.17) is 10.7 Å². The third kappa shape index (κ3) is 3.15. The Balaban J connectivity index is 1.90. The van der Waals surface area contributed by atoms with E-state index in [9.17, 15) is 0 Å². The van der Waals surface area contributed by atoms with Crippen LogP contribution in [-0.4, -0.2) is 16.5 Å². The first-order valence-electron chi connectivity index (χ1n) is 7.71. The zero-order chi connectivity index (χ0) is 14.7. The van der Waals surface area contributed by atoms with E-state index in [2.05, 4.69) is 41.1 Å². The van der Waals surface area contributed by atoms with Crippen molar-refractivity contribution in [3.8, 4) is 0 Å². The molecule has 0 spiro atoms. The van der Waals surface area contributed by atoms with Gasteiger partial charge in [0.2, 0.25) is 0 Å². The molecule has 0 radical (unpaired) electrons. The molecule has 0 aliphatic carbocycles. The van der Waals surface area contributed by atoms with Crippen molar-refractivity contribution < 1.29 is 0 Å². The van der Waals surface area contributed by atoms with Crippen molar-refractivity contribution in [3.63, 3.8) is 0 Å². The van der Waals surface area contributed by atoms with Crippen LogP contribution in [0.5, 0.6) is 0 Å². The molecule has 2 N–H and O–H groups in total. The number of nitrogens with two attached hydrogens (primary N) is 1. The summed E-state index contributed by atoms with van der Waals surface area (Å²) in [5.41, 5.74) is 8.80. The number of hydrogen-bond acceptors (Lipinski definition) is 4. The van der Waals surface area contributed by atoms with Gasteiger partial charge in [0.1, 0.15) is 17.5 Å². The molecule has 110 valence electrons. The predicted molar refractivity (Wildman–Crippen MR) is 86.3 cm³/mol. The van der Waals surface area contributed by atoms with Crippen molar-refractivity contribution in [2.45, 2.75) is 39.2 Å². The van der Waals surface area contributed by atoms with Crippen LogP contribution in [-0.2, 0) is 19.4 Å². The molecule has 21 heavy (non-hydrogen) atoms. The Morgan fingerprint density at radius 3 is 2.81 bits per heavy atom. The summed E-state index contributed by atoms with van der Waals surface area (Å²) in [5.74, 6) is 2.38. The lowest BCUT2D eigenvalue weighted by Crippen LogP contribution is -2.24. The van der Waals surface area contributed by atoms with Gasteiger partial charge in [0.05, 0.1) is 0 Å². The lowest BCUT2D eigenvalue weighted by atomic mass is 10.0. The summed E-state index contributed by atoms with van der Waals surface area (Å²) in [5, 5.41) is 0. The summed E-state index contributed by atoms with van der Waals surface area (Å²) >= 11 is 0. The topological polar surface area (TPSA) is 55.0 Å². The first-order valence-corrected chi connectivity index (χ1v) is 7.71. The zero-order valence-electron chi connectivity index (χ0n) is 12.5. The Labute approximate surface area is 126 Å². The molecule has 0 fully saturated rings. The summed E-state index contributed by atoms with van der Waals surface area (Å²) in [6.45, 7) is 4.04. The maximum Gasteiger partial charge on any atom is 0.134 e. The second-order valence-corrected chi connectivity index (χ2v) is 5.61. The van der Waals surface area contributed by atoms with E-state index in [-0.39, 0.29) is 0 Å². The Morgan fingerprint density at radius 2 is 2.00 bits per heavy atom. The number of anilines is 2. The van der Waals surface area contributed by atoms with Gasteiger partial charge in [0, 0.05) is 25.6 Å². The Hall–Kier alpha value is -2.10. The van der Waals surface area contributed by atoms with Crippen LogP contribution < -0.4 is 10.6 Å². The monoisotopic (exact) mass is 282 g/mol. The van der Waals surface area contributed by atoms with E-state index < -0.39 is 0 Å². The van der Waals surface area contributed by atoms with Crippen LogP contribution in [0.25, 0.3) is 0 Å². The standard InChI is InChI=1S/C17H22N4/c1-2-6-16-19-15(18)11-17(20-16)21-10-5-9-13-7-3-4-8-14(13)12-21/h3-4,7-8,11H,2,5-6,9-10,12H2,1H3,(H2,18,19,20). The maximum atomic E-state index is 5.95. The zero-order valence-corrected chi connectivity index (χ0v) is 12.5. The minimum absolute atomic E-state index is 0.570. The highest BCUT2D eigenvalue weighted by Crippen LogP contribution is 2.23. The average molecular weight is 282 g/mol. The van der Waals surface area contributed by atoms with Gasteiger partial charge in [-0.25, -0.2) is 9.97 Å². The summed E-state index contributed by atoms with van der Waals surface area (Å²) in [7, 11) is 0. The molecule has 4 nitrogen and oxygen atoms in total. The summed E-state index contributed by atoms with van der Waals surface area (Å²) in [6, 6.07) is 10.6. The summed E-state index contributed by atoms with van der Waals surface area (Å²) in [6.07, 6.45) is 4.19. The van der Waals surface area contributed by atoms with Crippen LogP contribution in [0, 0.1) is 0 Å². The van der Waals surface area contributed by atoms with Gasteiger partial charge >= 0.3 is 0 Å². The Kier molecular flexibility index (Phi) is 4.04. The van der Waals surface area contributed by atoms with Crippen molar-refractivity contribution in [2.24, 2.45) is 0 Å². The maximum absolute atomic E-state index is 5.95. The molecule has 1 aliphatic rings. The Morgan fingerprint density at radius 1 is 1.19 bits per heavy atom. The summed E-state index contributed by atoms with van der Waals surface area (Å²) in [4.78, 5) is 11.3. The van der Waals surface area contributed by atoms with Gasteiger partial charge in [-0.1, -0.05) is 31.2 Å². The Bertz CT molecular complexity index is 624. The number of rotatable bonds is 3. The SMILES string of the molecule is CCCc1nc(N)cc(N2CCCc3ccccc3C2)n1. The lowest BCUT2D eigenvalue weighted by Gasteiger charge is -2.22. The molecule has 4 heteroatoms. The minimum Gasteiger partial charge on any atom is -0.384 e. The predicted octanol–water partition coefficient (Wildman–Crippen LogP) is 2.96. The molecule has 0 saturated heterocycles. The van der Waals surface area contributed by atoms with E-state index in [1.54, 1.807) is 0 Å². The number of nitrogens with zero attached hydrogens (tertiary/aromatic N) is 3. The van der Waals surface area contributed by atoms with E-state index in [0.29, 0.717) is 5.82 Å². The van der Waals surface area contributed by atoms with Gasteiger partial charge in [-0.3, -0.25) is 0 Å². The fourth-order valence-electron chi connectivity index (χ4n) is 2.90. The minimum atomic E-state index is 0.570. The van der Waals surface area contributed by atoms with Crippen LogP contribution in [0.4, 0.5) is 11.6 Å². The van der Waals surface area contributed by atoms with E-state index in [0.717, 1.165) is 50.4 Å². The average Bonchev–Trinajstić information content (AvgIpc) is 2.69. The number of benzene rings is 1. The molecule has 2 heterocycles. The van der Waals surface area contributed by atoms with Crippen LogP contribution in [0.1, 0.15) is 36.7 Å². The molecule has 0 saturated carbocycles. The number of aryl methyl sites for hydroxylation is 2. The van der Waals surface area contributed by atoms with Gasteiger partial charge in [-0.05, 0) is 30.4 Å². The molecule has 1 aromatic heterocycles. The van der Waals surface area contributed by atoms with Crippen LogP contribution in [0.15, 0.2) is 30.3 Å². The largest absolute Gasteiger partial charge is 0.384 e. The number of hydrogen-bond donors (Lipinski definition) is 1. The second-order valence-electron chi connectivity index (χ2n) is 5.61. The molecule has 0 bridgehead atoms. The molecule has 1 aliphatic heterocycles. The van der Waals surface area contributed by atoms with Gasteiger partial charge in [-0.2, -0.15) is 0 Å². The fraction of sp³-hybridized carbons (Fsp3) is 0.412. The smallest absolute Gasteiger partial charge is 0.134 e. The van der Waals surface area contributed by atoms with Gasteiger partial charge in [0.15, 0.2) is 0 Å². The highest BCUT2D eigenvalue weighted by Gasteiger charge is 2.16. The molecule has 2 aromatic rings. The van der Waals surface area contributed by atoms with Crippen molar-refractivity contribution in [2.75, 3.05) is 17.2 Å². The third-order valence-electron chi connectivity index (χ3n) is 3.93. The van der Waals surface area contributed by atoms with Crippen molar-refractivity contribution in [1.29, 1.82) is 0 Å². The third-order valence-corrected chi connectivity index (χ3v) is 3.93. The van der Waals surface area contributed by atoms with Crippen molar-refractivity contribution >= 4 is 11.6 Å². The van der Waals surface area contributed by atoms with Crippen molar-refractivity contribution in [3.05, 3.63) is 47.3 Å². The molecule has 0 unspecified atom stereocenters. The van der Waals surface area contributed by atoms with Crippen LogP contribution in [0.2, 0.25) is 0 Å². The lowest BCUT2D eigenvalue weighted by molar-refractivity contribution is 0.742. The molecular weight excluding hydrogens is 260 g/mol. The van der Waals surface area contributed by atoms with E-state index in [1.807, 2.05) is 6.07 Å². The van der Waals surface area contributed by atoms with Gasteiger partial charge < -0.3 is 10.6 Å². The highest BCUT2D eigenvalue weighted by atomic mass is 15.2. The first-order chi connectivity index (χ1) is 10.3. The second kappa shape index (κ2) is 6.12. The number of nitrogen functional groups attached to an aromatic ring is 1. The number of fused-ring (bicyclic) bond motifs is 1. The quantitative estimate of drug-likeness (QED) is 0.940. The molecule has 3 rings (SSSR count). The normalized spacial score (nSPS) is 14.6. The highest BCUT2D eigenvalue weighted by molar-refractivity contribution is 5.48. The summed E-state index contributed by atoms with van der Waals surface area (Å²) < 4.78 is 0. The van der Waals surface area contributed by atoms with E-state index >= 15 is 0 Å². The first kappa shape index (κ1) is 13.9. The molecule has 0 amide bonds. The van der Waals surface area contributed by atoms with Crippen molar-refractivity contribution in [1.82, 2.24) is 9.97 Å². The van der Waals surface area contributed by atoms with Gasteiger partial charge in [0.25, 0.3) is 0 Å². The molecule has 0 atom stereocenters. The number of aromatic nitrogens is 2. The molecule has 1 aromatic carbocycles. The molecular formula is C17H22N4. The van der Waals surface area contributed by atoms with Gasteiger partial charge in [-0.15, -0.1) is 0 Å². The van der Waals surface area contributed by atoms with Crippen LogP contribution >= 0.6 is 0 Å². The fourth-order valence-corrected chi connectivity index (χ4v) is 2.90.